The summed E-state index contributed by atoms with van der Waals surface area (Å²) >= 11 is 0. The van der Waals surface area contributed by atoms with Crippen LogP contribution in [0.4, 0.5) is 10.1 Å². The number of methoxy groups -OCH3 is 1. The monoisotopic (exact) mass is 274 g/mol. The van der Waals surface area contributed by atoms with Crippen molar-refractivity contribution in [3.8, 4) is 5.75 Å². The molecule has 5 nitrogen and oxygen atoms in total. The van der Waals surface area contributed by atoms with Gasteiger partial charge in [0.2, 0.25) is 10.0 Å². The maximum atomic E-state index is 13.6. The van der Waals surface area contributed by atoms with Crippen LogP contribution in [0.3, 0.4) is 0 Å². The average Bonchev–Trinajstić information content (AvgIpc) is 3.10. The third-order valence-electron chi connectivity index (χ3n) is 2.82. The van der Waals surface area contributed by atoms with Crippen molar-refractivity contribution in [2.24, 2.45) is 5.92 Å². The maximum absolute atomic E-state index is 13.6. The zero-order valence-corrected chi connectivity index (χ0v) is 10.8. The van der Waals surface area contributed by atoms with Crippen molar-refractivity contribution in [1.82, 2.24) is 4.72 Å². The van der Waals surface area contributed by atoms with E-state index in [9.17, 15) is 12.8 Å². The van der Waals surface area contributed by atoms with Crippen molar-refractivity contribution >= 4 is 15.7 Å². The Kier molecular flexibility index (Phi) is 3.45. The van der Waals surface area contributed by atoms with E-state index < -0.39 is 15.8 Å². The first-order valence-electron chi connectivity index (χ1n) is 5.56. The van der Waals surface area contributed by atoms with Crippen molar-refractivity contribution in [3.05, 3.63) is 17.9 Å². The summed E-state index contributed by atoms with van der Waals surface area (Å²) in [5.41, 5.74) is 5.50. The molecule has 7 heteroatoms. The molecular formula is C11H15FN2O3S. The van der Waals surface area contributed by atoms with Crippen LogP contribution in [-0.4, -0.2) is 22.1 Å². The number of nitrogens with two attached hydrogens (primary N) is 1. The summed E-state index contributed by atoms with van der Waals surface area (Å²) < 4.78 is 44.5. The Morgan fingerprint density at radius 2 is 2.17 bits per heavy atom. The van der Waals surface area contributed by atoms with Crippen LogP contribution in [0, 0.1) is 11.7 Å². The van der Waals surface area contributed by atoms with E-state index in [1.807, 2.05) is 0 Å². The first-order chi connectivity index (χ1) is 8.44. The van der Waals surface area contributed by atoms with Crippen molar-refractivity contribution in [3.63, 3.8) is 0 Å². The number of nitrogen functional groups attached to an aromatic ring is 1. The minimum absolute atomic E-state index is 0.0377. The lowest BCUT2D eigenvalue weighted by molar-refractivity contribution is 0.388. The Balaban J connectivity index is 2.26. The molecule has 1 aliphatic rings. The van der Waals surface area contributed by atoms with Crippen LogP contribution >= 0.6 is 0 Å². The summed E-state index contributed by atoms with van der Waals surface area (Å²) in [6, 6.07) is 2.10. The first-order valence-corrected chi connectivity index (χ1v) is 7.05. The van der Waals surface area contributed by atoms with E-state index in [4.69, 9.17) is 10.5 Å². The predicted octanol–water partition coefficient (Wildman–Crippen LogP) is 1.10. The molecule has 1 saturated carbocycles. The van der Waals surface area contributed by atoms with Crippen LogP contribution < -0.4 is 15.2 Å². The quantitative estimate of drug-likeness (QED) is 0.788. The van der Waals surface area contributed by atoms with Crippen LogP contribution in [0.25, 0.3) is 0 Å². The van der Waals surface area contributed by atoms with E-state index >= 15 is 0 Å². The molecule has 0 bridgehead atoms. The fraction of sp³-hybridized carbons (Fsp3) is 0.455. The van der Waals surface area contributed by atoms with Gasteiger partial charge in [0.05, 0.1) is 17.7 Å². The summed E-state index contributed by atoms with van der Waals surface area (Å²) in [6.45, 7) is 0.385. The average molecular weight is 274 g/mol. The van der Waals surface area contributed by atoms with E-state index in [1.54, 1.807) is 0 Å². The van der Waals surface area contributed by atoms with Gasteiger partial charge in [0, 0.05) is 6.54 Å². The molecule has 0 atom stereocenters. The van der Waals surface area contributed by atoms with Crippen molar-refractivity contribution in [2.75, 3.05) is 19.4 Å². The number of anilines is 1. The number of halogens is 1. The number of nitrogens with one attached hydrogen (secondary N) is 1. The molecule has 1 fully saturated rings. The zero-order chi connectivity index (χ0) is 13.3. The number of ether oxygens (including phenoxy) is 1. The van der Waals surface area contributed by atoms with Gasteiger partial charge in [-0.3, -0.25) is 0 Å². The van der Waals surface area contributed by atoms with Crippen LogP contribution in [-0.2, 0) is 10.0 Å². The SMILES string of the molecule is COc1c(N)cc(S(=O)(=O)NCC2CC2)cc1F. The van der Waals surface area contributed by atoms with E-state index in [-0.39, 0.29) is 16.3 Å². The summed E-state index contributed by atoms with van der Waals surface area (Å²) in [7, 11) is -2.44. The summed E-state index contributed by atoms with van der Waals surface area (Å²) in [4.78, 5) is -0.182. The molecule has 0 aromatic heterocycles. The molecule has 100 valence electrons. The largest absolute Gasteiger partial charge is 0.492 e. The van der Waals surface area contributed by atoms with Crippen molar-refractivity contribution < 1.29 is 17.5 Å². The van der Waals surface area contributed by atoms with E-state index in [1.165, 1.54) is 13.2 Å². The molecule has 18 heavy (non-hydrogen) atoms. The third kappa shape index (κ3) is 2.73. The molecule has 0 amide bonds. The highest BCUT2D eigenvalue weighted by Gasteiger charge is 2.25. The van der Waals surface area contributed by atoms with E-state index in [2.05, 4.69) is 4.72 Å². The number of hydrogen-bond acceptors (Lipinski definition) is 4. The highest BCUT2D eigenvalue weighted by molar-refractivity contribution is 7.89. The Bertz CT molecular complexity index is 532. The van der Waals surface area contributed by atoms with Gasteiger partial charge >= 0.3 is 0 Å². The highest BCUT2D eigenvalue weighted by Crippen LogP contribution is 2.30. The van der Waals surface area contributed by atoms with Crippen LogP contribution in [0.1, 0.15) is 12.8 Å². The van der Waals surface area contributed by atoms with Crippen LogP contribution in [0.5, 0.6) is 5.75 Å². The Hall–Kier alpha value is -1.34. The number of benzene rings is 1. The molecule has 1 aromatic rings. The molecule has 0 spiro atoms. The van der Waals surface area contributed by atoms with Gasteiger partial charge in [-0.2, -0.15) is 0 Å². The number of hydrogen-bond donors (Lipinski definition) is 2. The Morgan fingerprint density at radius 3 is 2.67 bits per heavy atom. The van der Waals surface area contributed by atoms with Crippen molar-refractivity contribution in [2.45, 2.75) is 17.7 Å². The van der Waals surface area contributed by atoms with E-state index in [0.717, 1.165) is 18.9 Å². The third-order valence-corrected chi connectivity index (χ3v) is 4.22. The second-order valence-electron chi connectivity index (χ2n) is 4.32. The van der Waals surface area contributed by atoms with Crippen LogP contribution in [0.2, 0.25) is 0 Å². The summed E-state index contributed by atoms with van der Waals surface area (Å²) in [5, 5.41) is 0. The molecule has 0 saturated heterocycles. The molecule has 2 rings (SSSR count). The molecule has 0 unspecified atom stereocenters. The molecule has 0 aliphatic heterocycles. The fourth-order valence-electron chi connectivity index (χ4n) is 1.59. The van der Waals surface area contributed by atoms with Crippen LogP contribution in [0.15, 0.2) is 17.0 Å². The van der Waals surface area contributed by atoms with Gasteiger partial charge in [-0.05, 0) is 30.9 Å². The lowest BCUT2D eigenvalue weighted by atomic mass is 10.3. The van der Waals surface area contributed by atoms with Gasteiger partial charge in [0.1, 0.15) is 0 Å². The van der Waals surface area contributed by atoms with Gasteiger partial charge in [-0.15, -0.1) is 0 Å². The predicted molar refractivity (Wildman–Crippen MR) is 65.3 cm³/mol. The normalized spacial score (nSPS) is 15.7. The molecule has 3 N–H and O–H groups in total. The summed E-state index contributed by atoms with van der Waals surface area (Å²) in [5.74, 6) is -0.527. The minimum Gasteiger partial charge on any atom is -0.492 e. The summed E-state index contributed by atoms with van der Waals surface area (Å²) in [6.07, 6.45) is 2.06. The standard InChI is InChI=1S/C11H15FN2O3S/c1-17-11-9(12)4-8(5-10(11)13)18(15,16)14-6-7-2-3-7/h4-5,7,14H,2-3,6,13H2,1H3. The second-order valence-corrected chi connectivity index (χ2v) is 6.09. The lowest BCUT2D eigenvalue weighted by Gasteiger charge is -2.10. The Morgan fingerprint density at radius 1 is 1.50 bits per heavy atom. The maximum Gasteiger partial charge on any atom is 0.240 e. The lowest BCUT2D eigenvalue weighted by Crippen LogP contribution is -2.26. The molecular weight excluding hydrogens is 259 g/mol. The smallest absolute Gasteiger partial charge is 0.240 e. The van der Waals surface area contributed by atoms with Gasteiger partial charge in [0.15, 0.2) is 11.6 Å². The second kappa shape index (κ2) is 4.74. The Labute approximate surface area is 105 Å². The first kappa shape index (κ1) is 13.1. The number of rotatable bonds is 5. The van der Waals surface area contributed by atoms with Gasteiger partial charge < -0.3 is 10.5 Å². The molecule has 0 heterocycles. The molecule has 1 aromatic carbocycles. The van der Waals surface area contributed by atoms with E-state index in [0.29, 0.717) is 12.5 Å². The van der Waals surface area contributed by atoms with Crippen molar-refractivity contribution in [1.29, 1.82) is 0 Å². The van der Waals surface area contributed by atoms with Gasteiger partial charge in [0.25, 0.3) is 0 Å². The number of sulfonamides is 1. The molecule has 1 aliphatic carbocycles. The topological polar surface area (TPSA) is 81.4 Å². The zero-order valence-electron chi connectivity index (χ0n) is 9.94. The highest BCUT2D eigenvalue weighted by atomic mass is 32.2. The minimum atomic E-state index is -3.71. The van der Waals surface area contributed by atoms with Gasteiger partial charge in [-0.25, -0.2) is 17.5 Å². The van der Waals surface area contributed by atoms with Gasteiger partial charge in [-0.1, -0.05) is 0 Å². The fourth-order valence-corrected chi connectivity index (χ4v) is 2.75. The molecule has 0 radical (unpaired) electrons.